The van der Waals surface area contributed by atoms with Crippen molar-refractivity contribution in [1.29, 1.82) is 0 Å². The van der Waals surface area contributed by atoms with E-state index in [0.29, 0.717) is 43.7 Å². The average molecular weight is 410 g/mol. The number of nitrogens with one attached hydrogen (secondary N) is 1. The molecule has 2 heterocycles. The third kappa shape index (κ3) is 4.33. The third-order valence-corrected chi connectivity index (χ3v) is 5.26. The number of carbonyl (C=O) groups excluding carboxylic acids is 2. The summed E-state index contributed by atoms with van der Waals surface area (Å²) < 4.78 is 20.0. The molecule has 2 aromatic rings. The van der Waals surface area contributed by atoms with E-state index in [-0.39, 0.29) is 22.9 Å². The van der Waals surface area contributed by atoms with Gasteiger partial charge in [0.1, 0.15) is 17.3 Å². The van der Waals surface area contributed by atoms with Crippen LogP contribution < -0.4 is 16.0 Å². The maximum absolute atomic E-state index is 14.6. The Morgan fingerprint density at radius 3 is 2.57 bits per heavy atom. The topological polar surface area (TPSA) is 97.6 Å². The summed E-state index contributed by atoms with van der Waals surface area (Å²) >= 11 is 0. The number of halogens is 1. The molecular formula is C22H23FN4O3. The molecular weight excluding hydrogens is 387 g/mol. The van der Waals surface area contributed by atoms with Gasteiger partial charge in [0.25, 0.3) is 5.91 Å². The predicted molar refractivity (Wildman–Crippen MR) is 112 cm³/mol. The molecule has 1 amide bonds. The fraction of sp³-hybridized carbons (Fsp3) is 0.318. The summed E-state index contributed by atoms with van der Waals surface area (Å²) in [4.78, 5) is 30.1. The Hall–Kier alpha value is -3.26. The normalized spacial score (nSPS) is 16.9. The SMILES string of the molecule is NC(=O)c1cc(F)c(C2=CC(=O)CCC2)nc1Nc1ccc(N2CCOCC2)cc1. The number of pyridine rings is 1. The summed E-state index contributed by atoms with van der Waals surface area (Å²) in [5.41, 5.74) is 7.75. The lowest BCUT2D eigenvalue weighted by Gasteiger charge is -2.29. The number of morpholine rings is 1. The molecule has 1 aliphatic carbocycles. The van der Waals surface area contributed by atoms with Gasteiger partial charge in [-0.1, -0.05) is 0 Å². The van der Waals surface area contributed by atoms with Crippen LogP contribution >= 0.6 is 0 Å². The van der Waals surface area contributed by atoms with Crippen molar-refractivity contribution in [2.45, 2.75) is 19.3 Å². The molecule has 30 heavy (non-hydrogen) atoms. The number of nitrogens with zero attached hydrogens (tertiary/aromatic N) is 2. The van der Waals surface area contributed by atoms with Crippen molar-refractivity contribution < 1.29 is 18.7 Å². The molecule has 7 nitrogen and oxygen atoms in total. The van der Waals surface area contributed by atoms with E-state index in [9.17, 15) is 14.0 Å². The van der Waals surface area contributed by atoms with E-state index >= 15 is 0 Å². The Bertz CT molecular complexity index is 998. The van der Waals surface area contributed by atoms with Crippen molar-refractivity contribution >= 4 is 34.5 Å². The number of nitrogens with two attached hydrogens (primary N) is 1. The van der Waals surface area contributed by atoms with E-state index in [1.807, 2.05) is 24.3 Å². The zero-order valence-electron chi connectivity index (χ0n) is 16.5. The van der Waals surface area contributed by atoms with Gasteiger partial charge in [-0.2, -0.15) is 0 Å². The molecule has 3 N–H and O–H groups in total. The maximum Gasteiger partial charge on any atom is 0.252 e. The van der Waals surface area contributed by atoms with Gasteiger partial charge in [0.05, 0.1) is 18.8 Å². The molecule has 1 aliphatic heterocycles. The monoisotopic (exact) mass is 410 g/mol. The Balaban J connectivity index is 1.63. The highest BCUT2D eigenvalue weighted by molar-refractivity contribution is 6.00. The van der Waals surface area contributed by atoms with E-state index in [1.54, 1.807) is 0 Å². The minimum Gasteiger partial charge on any atom is -0.378 e. The Kier molecular flexibility index (Phi) is 5.76. The first-order valence-corrected chi connectivity index (χ1v) is 9.95. The summed E-state index contributed by atoms with van der Waals surface area (Å²) in [5, 5.41) is 3.07. The molecule has 1 saturated heterocycles. The zero-order valence-corrected chi connectivity index (χ0v) is 16.5. The standard InChI is InChI=1S/C22H23FN4O3/c23-19-13-18(21(24)29)22(26-20(19)14-2-1-3-17(28)12-14)25-15-4-6-16(7-5-15)27-8-10-30-11-9-27/h4-7,12-13H,1-3,8-11H2,(H2,24,29)(H,25,26). The molecule has 0 atom stereocenters. The molecule has 0 unspecified atom stereocenters. The summed E-state index contributed by atoms with van der Waals surface area (Å²) in [6.45, 7) is 3.05. The largest absolute Gasteiger partial charge is 0.378 e. The van der Waals surface area contributed by atoms with Crippen LogP contribution in [0.4, 0.5) is 21.6 Å². The fourth-order valence-electron chi connectivity index (χ4n) is 3.69. The lowest BCUT2D eigenvalue weighted by atomic mass is 9.95. The van der Waals surface area contributed by atoms with Crippen LogP contribution in [0, 0.1) is 5.82 Å². The molecule has 0 bridgehead atoms. The number of benzene rings is 1. The highest BCUT2D eigenvalue weighted by atomic mass is 19.1. The number of hydrogen-bond donors (Lipinski definition) is 2. The summed E-state index contributed by atoms with van der Waals surface area (Å²) in [6.07, 6.45) is 3.08. The number of ketones is 1. The number of carbonyl (C=O) groups is 2. The number of ether oxygens (including phenoxy) is 1. The molecule has 1 aromatic heterocycles. The second-order valence-corrected chi connectivity index (χ2v) is 7.34. The third-order valence-electron chi connectivity index (χ3n) is 5.26. The average Bonchev–Trinajstić information content (AvgIpc) is 2.75. The van der Waals surface area contributed by atoms with Crippen molar-refractivity contribution in [3.8, 4) is 0 Å². The van der Waals surface area contributed by atoms with Gasteiger partial charge in [-0.3, -0.25) is 9.59 Å². The predicted octanol–water partition coefficient (Wildman–Crippen LogP) is 3.04. The first-order valence-electron chi connectivity index (χ1n) is 9.95. The minimum absolute atomic E-state index is 0.0451. The number of aromatic nitrogens is 1. The van der Waals surface area contributed by atoms with E-state index < -0.39 is 11.7 Å². The number of hydrogen-bond acceptors (Lipinski definition) is 6. The van der Waals surface area contributed by atoms with Crippen LogP contribution in [0.3, 0.4) is 0 Å². The van der Waals surface area contributed by atoms with E-state index in [4.69, 9.17) is 10.5 Å². The molecule has 0 spiro atoms. The van der Waals surface area contributed by atoms with Crippen molar-refractivity contribution in [2.24, 2.45) is 5.73 Å². The summed E-state index contributed by atoms with van der Waals surface area (Å²) in [5.74, 6) is -1.34. The van der Waals surface area contributed by atoms with Gasteiger partial charge < -0.3 is 20.7 Å². The first-order chi connectivity index (χ1) is 14.5. The van der Waals surface area contributed by atoms with Crippen LogP contribution in [-0.2, 0) is 9.53 Å². The molecule has 156 valence electrons. The fourth-order valence-corrected chi connectivity index (χ4v) is 3.69. The van der Waals surface area contributed by atoms with Gasteiger partial charge in [0.15, 0.2) is 5.78 Å². The van der Waals surface area contributed by atoms with Gasteiger partial charge >= 0.3 is 0 Å². The smallest absolute Gasteiger partial charge is 0.252 e. The van der Waals surface area contributed by atoms with Gasteiger partial charge in [-0.25, -0.2) is 9.37 Å². The van der Waals surface area contributed by atoms with Crippen LogP contribution in [0.1, 0.15) is 35.3 Å². The van der Waals surface area contributed by atoms with Gasteiger partial charge in [0, 0.05) is 30.9 Å². The molecule has 4 rings (SSSR count). The minimum atomic E-state index is -0.783. The molecule has 1 fully saturated rings. The molecule has 8 heteroatoms. The highest BCUT2D eigenvalue weighted by Gasteiger charge is 2.21. The van der Waals surface area contributed by atoms with Crippen molar-refractivity contribution in [3.63, 3.8) is 0 Å². The molecule has 1 aromatic carbocycles. The Morgan fingerprint density at radius 2 is 1.90 bits per heavy atom. The van der Waals surface area contributed by atoms with Crippen LogP contribution in [0.15, 0.2) is 36.4 Å². The number of primary amides is 1. The Morgan fingerprint density at radius 1 is 1.17 bits per heavy atom. The zero-order chi connectivity index (χ0) is 21.1. The molecule has 2 aliphatic rings. The van der Waals surface area contributed by atoms with E-state index in [2.05, 4.69) is 15.2 Å². The Labute approximate surface area is 173 Å². The van der Waals surface area contributed by atoms with Crippen LogP contribution in [0.5, 0.6) is 0 Å². The second-order valence-electron chi connectivity index (χ2n) is 7.34. The van der Waals surface area contributed by atoms with Crippen molar-refractivity contribution in [2.75, 3.05) is 36.5 Å². The van der Waals surface area contributed by atoms with Crippen molar-refractivity contribution in [3.05, 3.63) is 53.5 Å². The number of anilines is 3. The summed E-state index contributed by atoms with van der Waals surface area (Å²) in [7, 11) is 0. The maximum atomic E-state index is 14.6. The number of amides is 1. The van der Waals surface area contributed by atoms with Crippen LogP contribution in [0.2, 0.25) is 0 Å². The highest BCUT2D eigenvalue weighted by Crippen LogP contribution is 2.30. The first kappa shape index (κ1) is 20.0. The van der Waals surface area contributed by atoms with E-state index in [1.165, 1.54) is 6.08 Å². The molecule has 0 saturated carbocycles. The van der Waals surface area contributed by atoms with Crippen LogP contribution in [-0.4, -0.2) is 43.0 Å². The van der Waals surface area contributed by atoms with Crippen molar-refractivity contribution in [1.82, 2.24) is 4.98 Å². The van der Waals surface area contributed by atoms with Gasteiger partial charge in [-0.15, -0.1) is 0 Å². The number of allylic oxidation sites excluding steroid dienone is 2. The summed E-state index contributed by atoms with van der Waals surface area (Å²) in [6, 6.07) is 8.73. The lowest BCUT2D eigenvalue weighted by Crippen LogP contribution is -2.36. The molecule has 0 radical (unpaired) electrons. The quantitative estimate of drug-likeness (QED) is 0.786. The lowest BCUT2D eigenvalue weighted by molar-refractivity contribution is -0.114. The van der Waals surface area contributed by atoms with Crippen LogP contribution in [0.25, 0.3) is 5.57 Å². The second kappa shape index (κ2) is 8.62. The van der Waals surface area contributed by atoms with Gasteiger partial charge in [0.2, 0.25) is 0 Å². The van der Waals surface area contributed by atoms with Gasteiger partial charge in [-0.05, 0) is 54.8 Å². The number of rotatable bonds is 5. The van der Waals surface area contributed by atoms with E-state index in [0.717, 1.165) is 24.8 Å².